The van der Waals surface area contributed by atoms with Crippen molar-refractivity contribution in [1.82, 2.24) is 30.4 Å². The molecule has 7 heterocycles. The van der Waals surface area contributed by atoms with Crippen molar-refractivity contribution in [3.8, 4) is 0 Å². The predicted octanol–water partition coefficient (Wildman–Crippen LogP) is -2.98. The molecular formula is C20H24N10O13P2. The Morgan fingerprint density at radius 1 is 1.00 bits per heavy atom. The smallest absolute Gasteiger partial charge is 0.387 e. The molecule has 7 rings (SSSR count). The number of carbonyl (C=O) groups excluding carboxylic acids is 1. The van der Waals surface area contributed by atoms with Crippen LogP contribution in [0, 0.1) is 5.41 Å². The third-order valence-electron chi connectivity index (χ3n) is 7.48. The Labute approximate surface area is 250 Å². The number of nitrogens with one attached hydrogen (secondary N) is 3. The number of hydrogen-bond acceptors (Lipinski definition) is 18. The average molecular weight is 674 g/mol. The monoisotopic (exact) mass is 674 g/mol. The Balaban J connectivity index is 1.17. The number of H-pyrrole nitrogens is 1. The number of ether oxygens (including phenoxy) is 2. The maximum absolute atomic E-state index is 13.2. The first-order valence-electron chi connectivity index (χ1n) is 13.0. The van der Waals surface area contributed by atoms with Crippen LogP contribution in [0.15, 0.2) is 16.3 Å². The Bertz CT molecular complexity index is 1720. The highest BCUT2D eigenvalue weighted by Crippen LogP contribution is 2.53. The number of rotatable bonds is 2. The van der Waals surface area contributed by atoms with Crippen LogP contribution >= 0.6 is 15.6 Å². The number of amides is 1. The SMILES string of the molecule is N=C1N=C2C(N=CN2[C@@H]2O[C@@H]3COP(=O)(O)O[C@H]4[C@@H](O)[C@H](c5[nH]nc6c(N)ncnc56)O[C@@H]4COP(=O)(O)O[C@@H]2[C@@H]3O)C(=O)N1. The van der Waals surface area contributed by atoms with E-state index >= 15 is 0 Å². The van der Waals surface area contributed by atoms with E-state index in [1.807, 2.05) is 0 Å². The largest absolute Gasteiger partial charge is 0.472 e. The zero-order valence-electron chi connectivity index (χ0n) is 22.4. The number of hydrogen-bond donors (Lipinski definition) is 8. The lowest BCUT2D eigenvalue weighted by atomic mass is 10.1. The van der Waals surface area contributed by atoms with Gasteiger partial charge in [0.25, 0.3) is 5.91 Å². The number of nitrogen functional groups attached to an aromatic ring is 1. The van der Waals surface area contributed by atoms with Gasteiger partial charge in [-0.2, -0.15) is 10.1 Å². The van der Waals surface area contributed by atoms with Crippen LogP contribution in [-0.2, 0) is 41.5 Å². The van der Waals surface area contributed by atoms with Crippen molar-refractivity contribution in [2.45, 2.75) is 55.0 Å². The van der Waals surface area contributed by atoms with Gasteiger partial charge in [0.15, 0.2) is 29.4 Å². The fourth-order valence-electron chi connectivity index (χ4n) is 5.44. The van der Waals surface area contributed by atoms with E-state index in [4.69, 9.17) is 38.7 Å². The van der Waals surface area contributed by atoms with Crippen molar-refractivity contribution in [3.05, 3.63) is 12.0 Å². The molecule has 11 atom stereocenters. The van der Waals surface area contributed by atoms with E-state index in [1.165, 1.54) is 0 Å². The molecule has 45 heavy (non-hydrogen) atoms. The van der Waals surface area contributed by atoms with Crippen LogP contribution < -0.4 is 11.1 Å². The summed E-state index contributed by atoms with van der Waals surface area (Å²) in [5.41, 5.74) is 6.23. The molecule has 1 amide bonds. The zero-order valence-corrected chi connectivity index (χ0v) is 24.2. The standard InChI is InChI=1S/C20H24N10O13P2/c21-16-9-7(23-3-24-16)8(28-29-9)14-12(32)13-6(40-14)2-39-45(36,37)43-15-11(31)5(1-38-44(34,35)42-13)41-19(15)30-4-25-10-17(30)26-20(22)27-18(10)33/h3-6,10-15,19,31-32H,1-2H2,(H,28,29)(H,34,35)(H,36,37)(H2,21,23,24)(H2,22,27,33)/t5-,6-,10?,11-,12-,13-,14+,15-,19-/m1/s1. The molecule has 3 fully saturated rings. The number of phosphoric ester groups is 2. The molecule has 5 aliphatic heterocycles. The lowest BCUT2D eigenvalue weighted by molar-refractivity contribution is -0.119. The van der Waals surface area contributed by atoms with Gasteiger partial charge in [-0.25, -0.2) is 19.1 Å². The van der Waals surface area contributed by atoms with Gasteiger partial charge in [-0.1, -0.05) is 0 Å². The van der Waals surface area contributed by atoms with Gasteiger partial charge >= 0.3 is 15.6 Å². The van der Waals surface area contributed by atoms with E-state index in [9.17, 15) is 33.9 Å². The van der Waals surface area contributed by atoms with Crippen molar-refractivity contribution in [2.75, 3.05) is 18.9 Å². The molecule has 0 aromatic carbocycles. The van der Waals surface area contributed by atoms with Gasteiger partial charge in [0, 0.05) is 0 Å². The van der Waals surface area contributed by atoms with Crippen LogP contribution in [0.4, 0.5) is 5.82 Å². The lowest BCUT2D eigenvalue weighted by Crippen LogP contribution is -2.53. The van der Waals surface area contributed by atoms with Gasteiger partial charge in [0.05, 0.1) is 25.2 Å². The molecule has 3 saturated heterocycles. The number of aliphatic hydroxyl groups excluding tert-OH is 2. The Kier molecular flexibility index (Phi) is 7.35. The second-order valence-electron chi connectivity index (χ2n) is 10.3. The van der Waals surface area contributed by atoms with Gasteiger partial charge < -0.3 is 35.2 Å². The van der Waals surface area contributed by atoms with Gasteiger partial charge in [-0.05, 0) is 0 Å². The maximum Gasteiger partial charge on any atom is 0.472 e. The normalized spacial score (nSPS) is 42.0. The third kappa shape index (κ3) is 5.35. The third-order valence-corrected chi connectivity index (χ3v) is 9.45. The number of anilines is 1. The summed E-state index contributed by atoms with van der Waals surface area (Å²) in [6, 6.07) is -1.18. The van der Waals surface area contributed by atoms with Crippen molar-refractivity contribution < 1.29 is 61.5 Å². The molecule has 0 saturated carbocycles. The van der Waals surface area contributed by atoms with E-state index in [-0.39, 0.29) is 28.4 Å². The first kappa shape index (κ1) is 30.3. The molecule has 2 bridgehead atoms. The second kappa shape index (κ2) is 10.9. The summed E-state index contributed by atoms with van der Waals surface area (Å²) in [6.07, 6.45) is -10.4. The molecule has 5 aliphatic rings. The molecule has 25 heteroatoms. The van der Waals surface area contributed by atoms with Crippen molar-refractivity contribution >= 4 is 56.5 Å². The Hall–Kier alpha value is -3.31. The quantitative estimate of drug-likeness (QED) is 0.147. The molecule has 0 spiro atoms. The molecule has 9 N–H and O–H groups in total. The van der Waals surface area contributed by atoms with Gasteiger partial charge in [0.2, 0.25) is 5.96 Å². The summed E-state index contributed by atoms with van der Waals surface area (Å²) >= 11 is 0. The van der Waals surface area contributed by atoms with Crippen LogP contribution in [-0.4, -0.2) is 131 Å². The van der Waals surface area contributed by atoms with Crippen LogP contribution in [0.25, 0.3) is 11.0 Å². The summed E-state index contributed by atoms with van der Waals surface area (Å²) in [6.45, 7) is -1.66. The van der Waals surface area contributed by atoms with Crippen molar-refractivity contribution in [2.24, 2.45) is 9.98 Å². The van der Waals surface area contributed by atoms with E-state index in [1.54, 1.807) is 0 Å². The fourth-order valence-corrected chi connectivity index (χ4v) is 7.34. The summed E-state index contributed by atoms with van der Waals surface area (Å²) in [5, 5.41) is 38.7. The molecule has 242 valence electrons. The van der Waals surface area contributed by atoms with Crippen molar-refractivity contribution in [1.29, 1.82) is 5.41 Å². The van der Waals surface area contributed by atoms with Crippen molar-refractivity contribution in [3.63, 3.8) is 0 Å². The topological polar surface area (TPSA) is 332 Å². The highest BCUT2D eigenvalue weighted by Gasteiger charge is 2.56. The summed E-state index contributed by atoms with van der Waals surface area (Å²) in [7, 11) is -10.2. The Morgan fingerprint density at radius 3 is 2.47 bits per heavy atom. The molecule has 23 nitrogen and oxygen atoms in total. The highest BCUT2D eigenvalue weighted by atomic mass is 31.2. The van der Waals surface area contributed by atoms with Gasteiger partial charge in [-0.3, -0.25) is 48.6 Å². The average Bonchev–Trinajstić information content (AvgIpc) is 3.72. The first-order valence-corrected chi connectivity index (χ1v) is 16.0. The first-order chi connectivity index (χ1) is 21.3. The lowest BCUT2D eigenvalue weighted by Gasteiger charge is -2.31. The number of fused-ring (bicyclic) bond motifs is 5. The summed E-state index contributed by atoms with van der Waals surface area (Å²) in [5.74, 6) is -1.28. The Morgan fingerprint density at radius 2 is 1.71 bits per heavy atom. The fraction of sp³-hybridized carbons (Fsp3) is 0.550. The number of nitrogens with zero attached hydrogens (tertiary/aromatic N) is 6. The minimum atomic E-state index is -5.12. The molecule has 3 unspecified atom stereocenters. The predicted molar refractivity (Wildman–Crippen MR) is 143 cm³/mol. The van der Waals surface area contributed by atoms with Crippen LogP contribution in [0.5, 0.6) is 0 Å². The number of guanidine groups is 1. The summed E-state index contributed by atoms with van der Waals surface area (Å²) < 4.78 is 58.6. The maximum atomic E-state index is 13.2. The number of aliphatic imine (C=N–C) groups is 2. The minimum absolute atomic E-state index is 0.0221. The number of phosphoric acid groups is 2. The molecule has 0 radical (unpaired) electrons. The number of nitrogens with two attached hydrogens (primary N) is 1. The van der Waals surface area contributed by atoms with E-state index in [2.05, 4.69) is 35.5 Å². The second-order valence-corrected chi connectivity index (χ2v) is 13.1. The number of aliphatic hydroxyl groups is 2. The molecule has 2 aromatic heterocycles. The van der Waals surface area contributed by atoms with Crippen LogP contribution in [0.1, 0.15) is 11.8 Å². The molecule has 2 aromatic rings. The highest BCUT2D eigenvalue weighted by molar-refractivity contribution is 7.47. The summed E-state index contributed by atoms with van der Waals surface area (Å²) in [4.78, 5) is 50.5. The number of amidine groups is 1. The van der Waals surface area contributed by atoms with Crippen LogP contribution in [0.2, 0.25) is 0 Å². The molecular weight excluding hydrogens is 650 g/mol. The number of aromatic amines is 1. The zero-order chi connectivity index (χ0) is 31.8. The number of aromatic nitrogens is 4. The minimum Gasteiger partial charge on any atom is -0.387 e. The van der Waals surface area contributed by atoms with Crippen LogP contribution in [0.3, 0.4) is 0 Å². The molecule has 0 aliphatic carbocycles. The number of carbonyl (C=O) groups is 1. The van der Waals surface area contributed by atoms with Gasteiger partial charge in [0.1, 0.15) is 54.6 Å². The van der Waals surface area contributed by atoms with E-state index < -0.39 is 95.7 Å². The van der Waals surface area contributed by atoms with E-state index in [0.717, 1.165) is 17.6 Å². The van der Waals surface area contributed by atoms with E-state index in [0.29, 0.717) is 0 Å². The van der Waals surface area contributed by atoms with Gasteiger partial charge in [-0.15, -0.1) is 0 Å².